The zero-order chi connectivity index (χ0) is 16.4. The summed E-state index contributed by atoms with van der Waals surface area (Å²) in [5, 5.41) is 2.81. The molecule has 118 valence electrons. The highest BCUT2D eigenvalue weighted by Crippen LogP contribution is 2.31. The average molecular weight is 374 g/mol. The highest BCUT2D eigenvalue weighted by atomic mass is 79.9. The average Bonchev–Trinajstić information content (AvgIpc) is 2.92. The van der Waals surface area contributed by atoms with Gasteiger partial charge in [-0.2, -0.15) is 0 Å². The molecule has 3 rings (SSSR count). The number of Topliss-reactive ketones (excluding diaryl/α,β-unsaturated/α-hetero) is 1. The number of ether oxygens (including phenoxy) is 1. The minimum absolute atomic E-state index is 0.136. The highest BCUT2D eigenvalue weighted by Gasteiger charge is 2.24. The number of hydrogen-bond acceptors (Lipinski definition) is 3. The van der Waals surface area contributed by atoms with Gasteiger partial charge in [0.25, 0.3) is 5.91 Å². The van der Waals surface area contributed by atoms with Gasteiger partial charge in [0.15, 0.2) is 11.9 Å². The van der Waals surface area contributed by atoms with Crippen molar-refractivity contribution < 1.29 is 14.3 Å². The van der Waals surface area contributed by atoms with E-state index in [2.05, 4.69) is 21.2 Å². The van der Waals surface area contributed by atoms with Crippen LogP contribution >= 0.6 is 15.9 Å². The smallest absolute Gasteiger partial charge is 0.265 e. The first kappa shape index (κ1) is 15.7. The zero-order valence-corrected chi connectivity index (χ0v) is 14.2. The second-order valence-electron chi connectivity index (χ2n) is 5.46. The van der Waals surface area contributed by atoms with E-state index >= 15 is 0 Å². The number of carbonyl (C=O) groups is 2. The predicted octanol–water partition coefficient (Wildman–Crippen LogP) is 3.98. The molecule has 2 aromatic rings. The van der Waals surface area contributed by atoms with Crippen molar-refractivity contribution in [2.24, 2.45) is 0 Å². The normalized spacial score (nSPS) is 14.3. The van der Waals surface area contributed by atoms with E-state index in [1.54, 1.807) is 19.1 Å². The Bertz CT molecular complexity index is 755. The number of rotatable bonds is 4. The van der Waals surface area contributed by atoms with E-state index in [0.717, 1.165) is 10.0 Å². The van der Waals surface area contributed by atoms with Crippen LogP contribution in [0, 0.1) is 0 Å². The molecule has 4 nitrogen and oxygen atoms in total. The minimum atomic E-state index is -0.652. The van der Waals surface area contributed by atoms with E-state index in [4.69, 9.17) is 4.74 Å². The number of hydrogen-bond donors (Lipinski definition) is 1. The van der Waals surface area contributed by atoms with Crippen LogP contribution in [0.1, 0.15) is 29.3 Å². The largest absolute Gasteiger partial charge is 0.481 e. The number of nitrogens with one attached hydrogen (secondary N) is 1. The van der Waals surface area contributed by atoms with Crippen LogP contribution in [0.5, 0.6) is 5.75 Å². The number of amides is 1. The van der Waals surface area contributed by atoms with Crippen molar-refractivity contribution in [3.8, 4) is 5.75 Å². The Kier molecular flexibility index (Phi) is 4.48. The molecule has 5 heteroatoms. The van der Waals surface area contributed by atoms with Gasteiger partial charge in [-0.1, -0.05) is 28.1 Å². The Balaban J connectivity index is 1.70. The molecule has 1 unspecified atom stereocenters. The molecule has 0 saturated carbocycles. The van der Waals surface area contributed by atoms with Crippen LogP contribution in [0.4, 0.5) is 5.69 Å². The monoisotopic (exact) mass is 373 g/mol. The summed E-state index contributed by atoms with van der Waals surface area (Å²) in [7, 11) is 0. The van der Waals surface area contributed by atoms with Crippen molar-refractivity contribution in [2.45, 2.75) is 25.9 Å². The quantitative estimate of drug-likeness (QED) is 0.881. The Morgan fingerprint density at radius 2 is 1.91 bits per heavy atom. The molecule has 1 N–H and O–H groups in total. The highest BCUT2D eigenvalue weighted by molar-refractivity contribution is 9.10. The summed E-state index contributed by atoms with van der Waals surface area (Å²) in [6, 6.07) is 12.7. The van der Waals surface area contributed by atoms with E-state index < -0.39 is 6.10 Å². The minimum Gasteiger partial charge on any atom is -0.481 e. The first-order valence-electron chi connectivity index (χ1n) is 7.43. The van der Waals surface area contributed by atoms with Crippen LogP contribution < -0.4 is 10.1 Å². The van der Waals surface area contributed by atoms with Crippen molar-refractivity contribution >= 4 is 33.3 Å². The van der Waals surface area contributed by atoms with Crippen LogP contribution in [0.3, 0.4) is 0 Å². The van der Waals surface area contributed by atoms with Crippen LogP contribution in [0.15, 0.2) is 46.9 Å². The van der Waals surface area contributed by atoms with Crippen molar-refractivity contribution in [1.29, 1.82) is 0 Å². The molecule has 0 radical (unpaired) electrons. The van der Waals surface area contributed by atoms with Gasteiger partial charge < -0.3 is 10.1 Å². The number of anilines is 1. The van der Waals surface area contributed by atoms with Crippen LogP contribution in [-0.4, -0.2) is 17.8 Å². The van der Waals surface area contributed by atoms with Gasteiger partial charge in [0.1, 0.15) is 5.75 Å². The molecule has 1 atom stereocenters. The Hall–Kier alpha value is -2.14. The predicted molar refractivity (Wildman–Crippen MR) is 92.0 cm³/mol. The van der Waals surface area contributed by atoms with Crippen molar-refractivity contribution in [3.05, 3.63) is 58.1 Å². The van der Waals surface area contributed by atoms with Gasteiger partial charge in [0, 0.05) is 27.7 Å². The molecule has 23 heavy (non-hydrogen) atoms. The summed E-state index contributed by atoms with van der Waals surface area (Å²) in [5.74, 6) is 0.526. The summed E-state index contributed by atoms with van der Waals surface area (Å²) in [6.07, 6.45) is 0.529. The lowest BCUT2D eigenvalue weighted by Gasteiger charge is -2.17. The summed E-state index contributed by atoms with van der Waals surface area (Å²) < 4.78 is 6.74. The van der Waals surface area contributed by atoms with Gasteiger partial charge in [0.2, 0.25) is 0 Å². The maximum atomic E-state index is 12.3. The molecule has 0 aromatic heterocycles. The SMILES string of the molecule is CC(Oc1cccc2c1CCC2=O)C(=O)Nc1ccc(Br)cc1. The van der Waals surface area contributed by atoms with Crippen molar-refractivity contribution in [3.63, 3.8) is 0 Å². The molecule has 0 bridgehead atoms. The van der Waals surface area contributed by atoms with Gasteiger partial charge >= 0.3 is 0 Å². The second-order valence-corrected chi connectivity index (χ2v) is 6.38. The van der Waals surface area contributed by atoms with Crippen LogP contribution in [0.2, 0.25) is 0 Å². The zero-order valence-electron chi connectivity index (χ0n) is 12.6. The summed E-state index contributed by atoms with van der Waals surface area (Å²) in [4.78, 5) is 24.0. The molecule has 0 saturated heterocycles. The first-order chi connectivity index (χ1) is 11.0. The van der Waals surface area contributed by atoms with Gasteiger partial charge in [0.05, 0.1) is 0 Å². The fraction of sp³-hybridized carbons (Fsp3) is 0.222. The Morgan fingerprint density at radius 3 is 2.65 bits per heavy atom. The molecule has 0 aliphatic heterocycles. The third-order valence-electron chi connectivity index (χ3n) is 3.82. The number of fused-ring (bicyclic) bond motifs is 1. The maximum Gasteiger partial charge on any atom is 0.265 e. The van der Waals surface area contributed by atoms with Gasteiger partial charge in [-0.3, -0.25) is 9.59 Å². The summed E-state index contributed by atoms with van der Waals surface area (Å²) >= 11 is 3.35. The Labute approximate surface area is 143 Å². The Morgan fingerprint density at radius 1 is 1.17 bits per heavy atom. The molecule has 2 aromatic carbocycles. The first-order valence-corrected chi connectivity index (χ1v) is 8.22. The lowest BCUT2D eigenvalue weighted by atomic mass is 10.1. The molecular formula is C18H16BrNO3. The van der Waals surface area contributed by atoms with E-state index in [0.29, 0.717) is 29.8 Å². The maximum absolute atomic E-state index is 12.3. The van der Waals surface area contributed by atoms with E-state index in [1.165, 1.54) is 0 Å². The van der Waals surface area contributed by atoms with E-state index in [1.807, 2.05) is 30.3 Å². The van der Waals surface area contributed by atoms with Gasteiger partial charge in [-0.05, 0) is 43.7 Å². The molecule has 0 fully saturated rings. The fourth-order valence-corrected chi connectivity index (χ4v) is 2.85. The third kappa shape index (κ3) is 3.45. The molecule has 1 aliphatic carbocycles. The lowest BCUT2D eigenvalue weighted by molar-refractivity contribution is -0.122. The topological polar surface area (TPSA) is 55.4 Å². The van der Waals surface area contributed by atoms with Crippen molar-refractivity contribution in [2.75, 3.05) is 5.32 Å². The third-order valence-corrected chi connectivity index (χ3v) is 4.35. The molecule has 1 amide bonds. The van der Waals surface area contributed by atoms with Crippen LogP contribution in [0.25, 0.3) is 0 Å². The second kappa shape index (κ2) is 6.54. The summed E-state index contributed by atoms with van der Waals surface area (Å²) in [5.41, 5.74) is 2.32. The molecule has 0 spiro atoms. The van der Waals surface area contributed by atoms with Gasteiger partial charge in [-0.15, -0.1) is 0 Å². The number of halogens is 1. The summed E-state index contributed by atoms with van der Waals surface area (Å²) in [6.45, 7) is 1.70. The number of benzene rings is 2. The van der Waals surface area contributed by atoms with Gasteiger partial charge in [-0.25, -0.2) is 0 Å². The van der Waals surface area contributed by atoms with Crippen LogP contribution in [-0.2, 0) is 11.2 Å². The number of carbonyl (C=O) groups excluding carboxylic acids is 2. The van der Waals surface area contributed by atoms with E-state index in [-0.39, 0.29) is 11.7 Å². The molecule has 0 heterocycles. The molecule has 1 aliphatic rings. The van der Waals surface area contributed by atoms with Crippen molar-refractivity contribution in [1.82, 2.24) is 0 Å². The standard InChI is InChI=1S/C18H16BrNO3/c1-11(18(22)20-13-7-5-12(19)6-8-13)23-17-4-2-3-14-15(17)9-10-16(14)21/h2-8,11H,9-10H2,1H3,(H,20,22). The van der Waals surface area contributed by atoms with E-state index in [9.17, 15) is 9.59 Å². The lowest BCUT2D eigenvalue weighted by Crippen LogP contribution is -2.30. The number of ketones is 1. The molecular weight excluding hydrogens is 358 g/mol. The fourth-order valence-electron chi connectivity index (χ4n) is 2.59.